The van der Waals surface area contributed by atoms with E-state index in [-0.39, 0.29) is 41.4 Å². The fourth-order valence-corrected chi connectivity index (χ4v) is 5.77. The number of nitrogens with zero attached hydrogens (tertiary/aromatic N) is 1. The molecule has 5 heteroatoms. The van der Waals surface area contributed by atoms with E-state index in [0.29, 0.717) is 17.5 Å². The molecule has 1 aromatic carbocycles. The normalized spacial score (nSPS) is 36.5. The van der Waals surface area contributed by atoms with Crippen LogP contribution in [0, 0.1) is 49.4 Å². The number of aryl methyl sites for hydroxylation is 2. The average Bonchev–Trinajstić information content (AvgIpc) is 3.38. The minimum absolute atomic E-state index is 0.155. The molecule has 7 atom stereocenters. The first-order valence-corrected chi connectivity index (χ1v) is 9.81. The summed E-state index contributed by atoms with van der Waals surface area (Å²) < 4.78 is 0. The first-order valence-electron chi connectivity index (χ1n) is 9.81. The van der Waals surface area contributed by atoms with Crippen LogP contribution >= 0.6 is 0 Å². The Morgan fingerprint density at radius 2 is 1.52 bits per heavy atom. The number of rotatable bonds is 3. The molecule has 2 saturated carbocycles. The minimum Gasteiger partial charge on any atom is -0.324 e. The lowest BCUT2D eigenvalue weighted by atomic mass is 9.63. The number of allylic oxidation sites excluding steroid dienone is 2. The van der Waals surface area contributed by atoms with Gasteiger partial charge in [-0.05, 0) is 74.1 Å². The molecule has 5 aliphatic rings. The number of carbonyl (C=O) groups is 3. The van der Waals surface area contributed by atoms with E-state index >= 15 is 0 Å². The van der Waals surface area contributed by atoms with Crippen LogP contribution in [0.3, 0.4) is 0 Å². The van der Waals surface area contributed by atoms with Gasteiger partial charge < -0.3 is 5.32 Å². The zero-order valence-electron chi connectivity index (χ0n) is 15.8. The van der Waals surface area contributed by atoms with Crippen molar-refractivity contribution in [1.82, 2.24) is 4.90 Å². The summed E-state index contributed by atoms with van der Waals surface area (Å²) in [7, 11) is 0. The third-order valence-electron chi connectivity index (χ3n) is 6.95. The highest BCUT2D eigenvalue weighted by Gasteiger charge is 2.67. The van der Waals surface area contributed by atoms with Crippen LogP contribution in [0.4, 0.5) is 5.69 Å². The van der Waals surface area contributed by atoms with E-state index in [1.165, 1.54) is 4.90 Å². The van der Waals surface area contributed by atoms with Crippen molar-refractivity contribution in [3.05, 3.63) is 41.5 Å². The van der Waals surface area contributed by atoms with Crippen LogP contribution in [0.2, 0.25) is 0 Å². The summed E-state index contributed by atoms with van der Waals surface area (Å²) >= 11 is 0. The van der Waals surface area contributed by atoms with E-state index in [1.54, 1.807) is 6.92 Å². The van der Waals surface area contributed by atoms with Gasteiger partial charge in [-0.3, -0.25) is 19.3 Å². The van der Waals surface area contributed by atoms with Crippen molar-refractivity contribution < 1.29 is 14.4 Å². The Morgan fingerprint density at radius 1 is 1.00 bits per heavy atom. The maximum atomic E-state index is 13.1. The van der Waals surface area contributed by atoms with Crippen LogP contribution in [0.5, 0.6) is 0 Å². The molecule has 3 fully saturated rings. The number of anilines is 1. The highest BCUT2D eigenvalue weighted by Crippen LogP contribution is 2.65. The molecule has 0 spiro atoms. The monoisotopic (exact) mass is 364 g/mol. The first kappa shape index (κ1) is 16.7. The summed E-state index contributed by atoms with van der Waals surface area (Å²) in [6.45, 7) is 5.60. The largest absolute Gasteiger partial charge is 0.324 e. The lowest BCUT2D eigenvalue weighted by Crippen LogP contribution is -2.46. The zero-order valence-corrected chi connectivity index (χ0v) is 15.8. The number of carbonyl (C=O) groups excluding carboxylic acids is 3. The van der Waals surface area contributed by atoms with E-state index in [4.69, 9.17) is 0 Å². The van der Waals surface area contributed by atoms with Crippen molar-refractivity contribution in [2.45, 2.75) is 33.2 Å². The average molecular weight is 364 g/mol. The molecule has 1 heterocycles. The van der Waals surface area contributed by atoms with E-state index in [0.717, 1.165) is 17.5 Å². The van der Waals surface area contributed by atoms with Crippen molar-refractivity contribution in [2.24, 2.45) is 35.5 Å². The number of nitrogens with one attached hydrogen (secondary N) is 1. The molecule has 4 aliphatic carbocycles. The second-order valence-corrected chi connectivity index (χ2v) is 8.74. The van der Waals surface area contributed by atoms with Crippen LogP contribution in [0.1, 0.15) is 24.5 Å². The maximum absolute atomic E-state index is 13.1. The number of likely N-dealkylation sites (tertiary alicyclic amines) is 1. The third kappa shape index (κ3) is 2.33. The van der Waals surface area contributed by atoms with Crippen LogP contribution in [0.25, 0.3) is 0 Å². The van der Waals surface area contributed by atoms with Gasteiger partial charge in [-0.15, -0.1) is 0 Å². The molecule has 140 valence electrons. The number of hydrogen-bond acceptors (Lipinski definition) is 3. The van der Waals surface area contributed by atoms with Gasteiger partial charge >= 0.3 is 0 Å². The van der Waals surface area contributed by atoms with E-state index in [1.807, 2.05) is 32.0 Å². The van der Waals surface area contributed by atoms with Crippen LogP contribution in [-0.4, -0.2) is 28.7 Å². The third-order valence-corrected chi connectivity index (χ3v) is 6.95. The summed E-state index contributed by atoms with van der Waals surface area (Å²) in [5, 5.41) is 2.88. The standard InChI is InChI=1S/C22H24N2O3/c1-10-6-11(2)8-13(7-10)23-20(25)12(3)24-21(26)18-14-4-5-15(17-9-16(14)17)19(18)22(24)27/h4-8,12,14-19H,9H2,1-3H3,(H,23,25)/t12-,14-,15-,16-,17+,18+,19+/m0/s1. The van der Waals surface area contributed by atoms with Crippen LogP contribution in [0.15, 0.2) is 30.4 Å². The second-order valence-electron chi connectivity index (χ2n) is 8.74. The lowest BCUT2D eigenvalue weighted by molar-refractivity contribution is -0.146. The smallest absolute Gasteiger partial charge is 0.247 e. The molecule has 0 unspecified atom stereocenters. The van der Waals surface area contributed by atoms with Gasteiger partial charge in [-0.2, -0.15) is 0 Å². The number of hydrogen-bond donors (Lipinski definition) is 1. The molecule has 0 aromatic heterocycles. The molecule has 1 aromatic rings. The SMILES string of the molecule is Cc1cc(C)cc(NC(=O)[C@H](C)N2C(=O)[C@@H]3[C@H]4C=C[C@@H]([C@@H]5C[C@H]45)[C@H]3C2=O)c1. The van der Waals surface area contributed by atoms with Crippen molar-refractivity contribution >= 4 is 23.4 Å². The fourth-order valence-electron chi connectivity index (χ4n) is 5.77. The summed E-state index contributed by atoms with van der Waals surface area (Å²) in [6.07, 6.45) is 5.43. The Balaban J connectivity index is 1.38. The van der Waals surface area contributed by atoms with Crippen molar-refractivity contribution in [3.8, 4) is 0 Å². The Labute approximate surface area is 158 Å². The lowest BCUT2D eigenvalue weighted by Gasteiger charge is -2.37. The molecule has 0 radical (unpaired) electrons. The summed E-state index contributed by atoms with van der Waals surface area (Å²) in [5.41, 5.74) is 2.81. The van der Waals surface area contributed by atoms with Gasteiger partial charge in [0.15, 0.2) is 0 Å². The topological polar surface area (TPSA) is 66.5 Å². The van der Waals surface area contributed by atoms with Gasteiger partial charge in [0.1, 0.15) is 6.04 Å². The summed E-state index contributed by atoms with van der Waals surface area (Å²) in [6, 6.07) is 5.02. The highest BCUT2D eigenvalue weighted by atomic mass is 16.2. The Morgan fingerprint density at radius 3 is 2.04 bits per heavy atom. The van der Waals surface area contributed by atoms with Gasteiger partial charge in [0.2, 0.25) is 17.7 Å². The number of amides is 3. The molecule has 1 saturated heterocycles. The quantitative estimate of drug-likeness (QED) is 0.662. The van der Waals surface area contributed by atoms with Crippen LogP contribution in [-0.2, 0) is 14.4 Å². The molecular formula is C22H24N2O3. The molecule has 1 N–H and O–H groups in total. The van der Waals surface area contributed by atoms with Gasteiger partial charge in [0.25, 0.3) is 0 Å². The van der Waals surface area contributed by atoms with Gasteiger partial charge in [0, 0.05) is 5.69 Å². The highest BCUT2D eigenvalue weighted by molar-refractivity contribution is 6.10. The van der Waals surface area contributed by atoms with Gasteiger partial charge in [0.05, 0.1) is 11.8 Å². The van der Waals surface area contributed by atoms with Gasteiger partial charge in [-0.1, -0.05) is 18.2 Å². The van der Waals surface area contributed by atoms with Gasteiger partial charge in [-0.25, -0.2) is 0 Å². The molecular weight excluding hydrogens is 340 g/mol. The molecule has 6 rings (SSSR count). The Hall–Kier alpha value is -2.43. The molecule has 27 heavy (non-hydrogen) atoms. The molecule has 3 amide bonds. The predicted molar refractivity (Wildman–Crippen MR) is 101 cm³/mol. The van der Waals surface area contributed by atoms with E-state index in [2.05, 4.69) is 17.5 Å². The zero-order chi connectivity index (χ0) is 19.0. The van der Waals surface area contributed by atoms with Crippen LogP contribution < -0.4 is 5.32 Å². The molecule has 5 nitrogen and oxygen atoms in total. The second kappa shape index (κ2) is 5.54. The minimum atomic E-state index is -0.799. The Bertz CT molecular complexity index is 849. The summed E-state index contributed by atoms with van der Waals surface area (Å²) in [4.78, 5) is 40.2. The number of imide groups is 1. The van der Waals surface area contributed by atoms with Crippen molar-refractivity contribution in [2.75, 3.05) is 5.32 Å². The maximum Gasteiger partial charge on any atom is 0.247 e. The predicted octanol–water partition coefficient (Wildman–Crippen LogP) is 2.68. The molecule has 2 bridgehead atoms. The number of benzene rings is 1. The van der Waals surface area contributed by atoms with E-state index in [9.17, 15) is 14.4 Å². The molecule has 1 aliphatic heterocycles. The summed E-state index contributed by atoms with van der Waals surface area (Å²) in [5.74, 6) is 0.360. The van der Waals surface area contributed by atoms with E-state index < -0.39 is 6.04 Å². The Kier molecular flexibility index (Phi) is 3.43. The fraction of sp³-hybridized carbons (Fsp3) is 0.500. The first-order chi connectivity index (χ1) is 12.9. The van der Waals surface area contributed by atoms with Crippen molar-refractivity contribution in [3.63, 3.8) is 0 Å². The van der Waals surface area contributed by atoms with Crippen molar-refractivity contribution in [1.29, 1.82) is 0 Å².